The fourth-order valence-electron chi connectivity index (χ4n) is 3.03. The van der Waals surface area contributed by atoms with Crippen molar-refractivity contribution in [3.8, 4) is 0 Å². The molecule has 1 aromatic heterocycles. The summed E-state index contributed by atoms with van der Waals surface area (Å²) in [6, 6.07) is 2.89. The van der Waals surface area contributed by atoms with Crippen LogP contribution in [0, 0.1) is 5.92 Å². The van der Waals surface area contributed by atoms with E-state index < -0.39 is 10.0 Å². The zero-order chi connectivity index (χ0) is 14.9. The summed E-state index contributed by atoms with van der Waals surface area (Å²) in [5.41, 5.74) is 1.32. The number of hydrogen-bond donors (Lipinski definition) is 1. The van der Waals surface area contributed by atoms with Crippen LogP contribution in [0.2, 0.25) is 0 Å². The van der Waals surface area contributed by atoms with Crippen molar-refractivity contribution in [3.63, 3.8) is 0 Å². The maximum Gasteiger partial charge on any atom is 0.211 e. The van der Waals surface area contributed by atoms with E-state index in [1.54, 1.807) is 4.31 Å². The highest BCUT2D eigenvalue weighted by atomic mass is 32.2. The van der Waals surface area contributed by atoms with Gasteiger partial charge in [0, 0.05) is 44.6 Å². The van der Waals surface area contributed by atoms with Gasteiger partial charge in [-0.1, -0.05) is 0 Å². The van der Waals surface area contributed by atoms with Crippen LogP contribution in [0.3, 0.4) is 0 Å². The van der Waals surface area contributed by atoms with E-state index in [2.05, 4.69) is 28.3 Å². The first kappa shape index (κ1) is 15.1. The fourth-order valence-corrected chi connectivity index (χ4v) is 3.98. The number of rotatable bonds is 6. The highest BCUT2D eigenvalue weighted by Crippen LogP contribution is 2.21. The maximum absolute atomic E-state index is 11.7. The molecule has 118 valence electrons. The van der Waals surface area contributed by atoms with E-state index in [-0.39, 0.29) is 0 Å². The van der Waals surface area contributed by atoms with Crippen LogP contribution < -0.4 is 5.32 Å². The lowest BCUT2D eigenvalue weighted by Gasteiger charge is -2.31. The zero-order valence-electron chi connectivity index (χ0n) is 12.7. The first-order chi connectivity index (χ1) is 10.0. The quantitative estimate of drug-likeness (QED) is 0.864. The van der Waals surface area contributed by atoms with Crippen molar-refractivity contribution in [1.29, 1.82) is 0 Å². The number of nitrogens with zero attached hydrogens (tertiary/aromatic N) is 2. The van der Waals surface area contributed by atoms with Crippen LogP contribution in [-0.2, 0) is 23.1 Å². The zero-order valence-corrected chi connectivity index (χ0v) is 13.5. The van der Waals surface area contributed by atoms with E-state index in [0.717, 1.165) is 32.0 Å². The normalized spacial score (nSPS) is 24.3. The smallest absolute Gasteiger partial charge is 0.211 e. The average molecular weight is 311 g/mol. The van der Waals surface area contributed by atoms with Crippen LogP contribution in [0.4, 0.5) is 0 Å². The predicted molar refractivity (Wildman–Crippen MR) is 83.4 cm³/mol. The molecule has 1 aliphatic heterocycles. The minimum Gasteiger partial charge on any atom is -0.354 e. The van der Waals surface area contributed by atoms with Crippen LogP contribution in [0.15, 0.2) is 18.5 Å². The second kappa shape index (κ2) is 6.10. The van der Waals surface area contributed by atoms with Gasteiger partial charge in [-0.3, -0.25) is 0 Å². The number of nitrogens with one attached hydrogen (secondary N) is 1. The molecular weight excluding hydrogens is 286 g/mol. The summed E-state index contributed by atoms with van der Waals surface area (Å²) >= 11 is 0. The Bertz CT molecular complexity index is 577. The average Bonchev–Trinajstić information content (AvgIpc) is 3.16. The van der Waals surface area contributed by atoms with Gasteiger partial charge in [0.1, 0.15) is 0 Å². The lowest BCUT2D eigenvalue weighted by Crippen LogP contribution is -2.40. The van der Waals surface area contributed by atoms with Gasteiger partial charge in [0.05, 0.1) is 6.26 Å². The van der Waals surface area contributed by atoms with Crippen molar-refractivity contribution in [2.24, 2.45) is 5.92 Å². The molecule has 0 amide bonds. The topological polar surface area (TPSA) is 54.3 Å². The van der Waals surface area contributed by atoms with Gasteiger partial charge in [-0.05, 0) is 43.2 Å². The predicted octanol–water partition coefficient (Wildman–Crippen LogP) is 1.41. The molecule has 2 heterocycles. The van der Waals surface area contributed by atoms with Crippen LogP contribution in [0.25, 0.3) is 0 Å². The number of hydrogen-bond acceptors (Lipinski definition) is 3. The second-order valence-electron chi connectivity index (χ2n) is 6.50. The molecular formula is C15H25N3O2S. The van der Waals surface area contributed by atoms with Gasteiger partial charge in [0.2, 0.25) is 10.0 Å². The number of piperidine rings is 1. The maximum atomic E-state index is 11.7. The highest BCUT2D eigenvalue weighted by molar-refractivity contribution is 7.88. The second-order valence-corrected chi connectivity index (χ2v) is 8.48. The van der Waals surface area contributed by atoms with Crippen molar-refractivity contribution in [2.45, 2.75) is 44.8 Å². The Morgan fingerprint density at radius 2 is 2.14 bits per heavy atom. The SMILES string of the molecule is CS(=O)(=O)N1CCCC(Cn2ccc(CNC3CC3)c2)C1. The Morgan fingerprint density at radius 3 is 2.86 bits per heavy atom. The third-order valence-corrected chi connectivity index (χ3v) is 5.67. The molecule has 21 heavy (non-hydrogen) atoms. The number of sulfonamides is 1. The molecule has 1 atom stereocenters. The van der Waals surface area contributed by atoms with Crippen LogP contribution in [0.1, 0.15) is 31.2 Å². The van der Waals surface area contributed by atoms with E-state index >= 15 is 0 Å². The molecule has 2 fully saturated rings. The number of aromatic nitrogens is 1. The third-order valence-electron chi connectivity index (χ3n) is 4.40. The molecule has 5 nitrogen and oxygen atoms in total. The minimum absolute atomic E-state index is 0.421. The van der Waals surface area contributed by atoms with Crippen molar-refractivity contribution < 1.29 is 8.42 Å². The summed E-state index contributed by atoms with van der Waals surface area (Å²) in [6.07, 6.45) is 10.3. The van der Waals surface area contributed by atoms with Gasteiger partial charge in [-0.25, -0.2) is 12.7 Å². The van der Waals surface area contributed by atoms with Gasteiger partial charge in [-0.2, -0.15) is 0 Å². The molecule has 3 rings (SSSR count). The molecule has 1 N–H and O–H groups in total. The van der Waals surface area contributed by atoms with Gasteiger partial charge in [0.15, 0.2) is 0 Å². The minimum atomic E-state index is -3.04. The summed E-state index contributed by atoms with van der Waals surface area (Å²) < 4.78 is 27.1. The molecule has 1 saturated carbocycles. The summed E-state index contributed by atoms with van der Waals surface area (Å²) in [4.78, 5) is 0. The lowest BCUT2D eigenvalue weighted by molar-refractivity contribution is 0.246. The Hall–Kier alpha value is -0.850. The molecule has 0 bridgehead atoms. The standard InChI is InChI=1S/C15H25N3O2S/c1-21(19,20)18-7-2-3-14(12-18)11-17-8-6-13(10-17)9-16-15-4-5-15/h6,8,10,14-16H,2-5,7,9,11-12H2,1H3. The van der Waals surface area contributed by atoms with Crippen LogP contribution in [-0.4, -0.2) is 42.7 Å². The molecule has 0 radical (unpaired) electrons. The Labute approximate surface area is 127 Å². The first-order valence-corrected chi connectivity index (χ1v) is 9.69. The third kappa shape index (κ3) is 4.31. The molecule has 1 aromatic rings. The Morgan fingerprint density at radius 1 is 1.33 bits per heavy atom. The molecule has 0 spiro atoms. The Kier molecular flexibility index (Phi) is 4.38. The Balaban J connectivity index is 1.53. The first-order valence-electron chi connectivity index (χ1n) is 7.84. The monoisotopic (exact) mass is 311 g/mol. The van der Waals surface area contributed by atoms with E-state index in [1.807, 2.05) is 0 Å². The van der Waals surface area contributed by atoms with E-state index in [1.165, 1.54) is 24.7 Å². The van der Waals surface area contributed by atoms with Crippen molar-refractivity contribution >= 4 is 10.0 Å². The molecule has 0 aromatic carbocycles. The molecule has 1 saturated heterocycles. The van der Waals surface area contributed by atoms with Gasteiger partial charge < -0.3 is 9.88 Å². The van der Waals surface area contributed by atoms with E-state index in [9.17, 15) is 8.42 Å². The van der Waals surface area contributed by atoms with Crippen molar-refractivity contribution in [3.05, 3.63) is 24.0 Å². The largest absolute Gasteiger partial charge is 0.354 e. The fraction of sp³-hybridized carbons (Fsp3) is 0.733. The summed E-state index contributed by atoms with van der Waals surface area (Å²) in [5.74, 6) is 0.421. The molecule has 2 aliphatic rings. The summed E-state index contributed by atoms with van der Waals surface area (Å²) in [6.45, 7) is 3.19. The molecule has 6 heteroatoms. The van der Waals surface area contributed by atoms with Crippen LogP contribution in [0.5, 0.6) is 0 Å². The highest BCUT2D eigenvalue weighted by Gasteiger charge is 2.26. The van der Waals surface area contributed by atoms with Gasteiger partial charge in [0.25, 0.3) is 0 Å². The summed E-state index contributed by atoms with van der Waals surface area (Å²) in [5, 5.41) is 3.52. The van der Waals surface area contributed by atoms with E-state index in [0.29, 0.717) is 19.0 Å². The van der Waals surface area contributed by atoms with E-state index in [4.69, 9.17) is 0 Å². The van der Waals surface area contributed by atoms with Crippen molar-refractivity contribution in [1.82, 2.24) is 14.2 Å². The van der Waals surface area contributed by atoms with Crippen molar-refractivity contribution in [2.75, 3.05) is 19.3 Å². The lowest BCUT2D eigenvalue weighted by atomic mass is 10.00. The van der Waals surface area contributed by atoms with Gasteiger partial charge >= 0.3 is 0 Å². The van der Waals surface area contributed by atoms with Gasteiger partial charge in [-0.15, -0.1) is 0 Å². The molecule has 1 aliphatic carbocycles. The molecule has 1 unspecified atom stereocenters. The summed E-state index contributed by atoms with van der Waals surface area (Å²) in [7, 11) is -3.04. The van der Waals surface area contributed by atoms with Crippen LogP contribution >= 0.6 is 0 Å².